The number of aromatic nitrogens is 5. The van der Waals surface area contributed by atoms with Crippen molar-refractivity contribution in [1.29, 1.82) is 0 Å². The van der Waals surface area contributed by atoms with Crippen LogP contribution in [0.1, 0.15) is 16.8 Å². The Morgan fingerprint density at radius 2 is 1.79 bits per heavy atom. The Balaban J connectivity index is 0.000000238. The van der Waals surface area contributed by atoms with Crippen molar-refractivity contribution in [2.24, 2.45) is 0 Å². The Hall–Kier alpha value is -3.72. The first-order chi connectivity index (χ1) is 16.0. The lowest BCUT2D eigenvalue weighted by molar-refractivity contribution is 0.407. The minimum absolute atomic E-state index is 0.277. The third-order valence-corrected chi connectivity index (χ3v) is 6.39. The van der Waals surface area contributed by atoms with Gasteiger partial charge in [-0.3, -0.25) is 9.19 Å². The molecule has 3 heterocycles. The summed E-state index contributed by atoms with van der Waals surface area (Å²) in [6.07, 6.45) is 3.44. The summed E-state index contributed by atoms with van der Waals surface area (Å²) in [6.45, 7) is 3.86. The second-order valence-corrected chi connectivity index (χ2v) is 8.75. The van der Waals surface area contributed by atoms with Gasteiger partial charge < -0.3 is 19.4 Å². The maximum absolute atomic E-state index is 12.7. The number of pyridine rings is 1. The van der Waals surface area contributed by atoms with E-state index in [0.29, 0.717) is 5.16 Å². The van der Waals surface area contributed by atoms with E-state index in [2.05, 4.69) is 24.9 Å². The largest absolute Gasteiger partial charge is 0.497 e. The molecule has 0 saturated heterocycles. The number of H-pyrrole nitrogens is 2. The van der Waals surface area contributed by atoms with Crippen molar-refractivity contribution in [3.05, 3.63) is 71.8 Å². The molecule has 170 valence electrons. The summed E-state index contributed by atoms with van der Waals surface area (Å²) in [5.41, 5.74) is 6.28. The van der Waals surface area contributed by atoms with Gasteiger partial charge in [0.1, 0.15) is 11.5 Å². The first-order valence-electron chi connectivity index (χ1n) is 10.3. The summed E-state index contributed by atoms with van der Waals surface area (Å²) in [7, 11) is 1.91. The fraction of sp³-hybridized carbons (Fsp3) is 0.208. The molecule has 0 aliphatic heterocycles. The summed E-state index contributed by atoms with van der Waals surface area (Å²) in [6, 6.07) is 13.4. The van der Waals surface area contributed by atoms with E-state index < -0.39 is 10.8 Å². The average molecular weight is 464 g/mol. The molecule has 0 radical (unpaired) electrons. The summed E-state index contributed by atoms with van der Waals surface area (Å²) in [5, 5.41) is 0.430. The molecule has 0 aliphatic rings. The van der Waals surface area contributed by atoms with Gasteiger partial charge in [-0.2, -0.15) is 0 Å². The van der Waals surface area contributed by atoms with Gasteiger partial charge in [0, 0.05) is 23.4 Å². The summed E-state index contributed by atoms with van der Waals surface area (Å²) in [5.74, 6) is 1.79. The number of para-hydroxylation sites is 2. The monoisotopic (exact) mass is 463 g/mol. The zero-order valence-corrected chi connectivity index (χ0v) is 19.7. The minimum Gasteiger partial charge on any atom is -0.497 e. The number of nitrogens with one attached hydrogen (secondary N) is 2. The van der Waals surface area contributed by atoms with Gasteiger partial charge in [-0.15, -0.1) is 0 Å². The zero-order valence-electron chi connectivity index (χ0n) is 18.9. The molecule has 2 N–H and O–H groups in total. The number of ether oxygens (including phenoxy) is 2. The first kappa shape index (κ1) is 22.5. The number of imidazole rings is 2. The van der Waals surface area contributed by atoms with Gasteiger partial charge >= 0.3 is 0 Å². The Kier molecular flexibility index (Phi) is 6.69. The van der Waals surface area contributed by atoms with Crippen molar-refractivity contribution in [2.75, 3.05) is 14.2 Å². The Labute approximate surface area is 193 Å². The van der Waals surface area contributed by atoms with E-state index in [1.165, 1.54) is 0 Å². The molecular weight excluding hydrogens is 438 g/mol. The second-order valence-electron chi connectivity index (χ2n) is 7.38. The van der Waals surface area contributed by atoms with E-state index in [9.17, 15) is 4.21 Å². The molecule has 0 bridgehead atoms. The molecule has 2 aromatic carbocycles. The predicted octanol–water partition coefficient (Wildman–Crippen LogP) is 4.46. The van der Waals surface area contributed by atoms with Crippen LogP contribution in [0, 0.1) is 13.8 Å². The fourth-order valence-corrected chi connectivity index (χ4v) is 4.59. The van der Waals surface area contributed by atoms with Crippen LogP contribution in [0.25, 0.3) is 22.1 Å². The highest BCUT2D eigenvalue weighted by Crippen LogP contribution is 2.26. The lowest BCUT2D eigenvalue weighted by atomic mass is 10.1. The predicted molar refractivity (Wildman–Crippen MR) is 129 cm³/mol. The Morgan fingerprint density at radius 1 is 0.970 bits per heavy atom. The van der Waals surface area contributed by atoms with E-state index >= 15 is 0 Å². The number of rotatable bonds is 5. The standard InChI is InChI=1S/C17H19N3O3S.C7H6N2/c1-10-8-18-15(11(2)16(10)23-4)9-24(21)17-19-13-6-5-12(22-3)7-14(13)20-17;1-2-4-7-6(3-1)8-5-9-7/h5-8H,9H2,1-4H3,(H,19,20);1-5H,(H,8,9). The SMILES string of the molecule is COc1ccc2nc(S(=O)Cc3ncc(C)c(OC)c3C)[nH]c2c1.c1ccc2[nH]cnc2c1. The van der Waals surface area contributed by atoms with Crippen molar-refractivity contribution in [3.8, 4) is 11.5 Å². The normalized spacial score (nSPS) is 11.8. The zero-order chi connectivity index (χ0) is 23.4. The molecule has 5 aromatic rings. The van der Waals surface area contributed by atoms with Gasteiger partial charge in [-0.25, -0.2) is 9.97 Å². The number of hydrogen-bond donors (Lipinski definition) is 2. The number of fused-ring (bicyclic) bond motifs is 2. The van der Waals surface area contributed by atoms with Crippen LogP contribution in [-0.2, 0) is 16.6 Å². The van der Waals surface area contributed by atoms with E-state index in [-0.39, 0.29) is 5.75 Å². The van der Waals surface area contributed by atoms with E-state index in [4.69, 9.17) is 9.47 Å². The van der Waals surface area contributed by atoms with Crippen molar-refractivity contribution >= 4 is 32.9 Å². The topological polar surface area (TPSA) is 106 Å². The lowest BCUT2D eigenvalue weighted by Gasteiger charge is -2.11. The lowest BCUT2D eigenvalue weighted by Crippen LogP contribution is -2.05. The van der Waals surface area contributed by atoms with Crippen LogP contribution in [0.4, 0.5) is 0 Å². The van der Waals surface area contributed by atoms with Crippen LogP contribution < -0.4 is 9.47 Å². The molecule has 8 nitrogen and oxygen atoms in total. The maximum atomic E-state index is 12.7. The maximum Gasteiger partial charge on any atom is 0.197 e. The molecular formula is C24H25N5O3S. The quantitative estimate of drug-likeness (QED) is 0.399. The van der Waals surface area contributed by atoms with Gasteiger partial charge in [0.15, 0.2) is 5.16 Å². The number of nitrogens with zero attached hydrogens (tertiary/aromatic N) is 3. The van der Waals surface area contributed by atoms with Gasteiger partial charge in [-0.05, 0) is 38.1 Å². The van der Waals surface area contributed by atoms with Crippen LogP contribution in [0.3, 0.4) is 0 Å². The molecule has 0 saturated carbocycles. The summed E-state index contributed by atoms with van der Waals surface area (Å²) < 4.78 is 23.3. The smallest absolute Gasteiger partial charge is 0.197 e. The molecule has 33 heavy (non-hydrogen) atoms. The number of hydrogen-bond acceptors (Lipinski definition) is 6. The average Bonchev–Trinajstić information content (AvgIpc) is 3.48. The highest BCUT2D eigenvalue weighted by atomic mass is 32.2. The molecule has 0 aliphatic carbocycles. The highest BCUT2D eigenvalue weighted by molar-refractivity contribution is 7.84. The van der Waals surface area contributed by atoms with Crippen LogP contribution in [0.5, 0.6) is 11.5 Å². The number of benzene rings is 2. The molecule has 0 amide bonds. The Morgan fingerprint density at radius 3 is 2.55 bits per heavy atom. The van der Waals surface area contributed by atoms with E-state index in [1.807, 2.05) is 56.3 Å². The second kappa shape index (κ2) is 9.83. The van der Waals surface area contributed by atoms with E-state index in [0.717, 1.165) is 50.4 Å². The van der Waals surface area contributed by atoms with Gasteiger partial charge in [0.2, 0.25) is 0 Å². The molecule has 3 aromatic heterocycles. The molecule has 1 atom stereocenters. The van der Waals surface area contributed by atoms with Crippen molar-refractivity contribution in [3.63, 3.8) is 0 Å². The van der Waals surface area contributed by atoms with Crippen LogP contribution in [-0.4, -0.2) is 43.3 Å². The third-order valence-electron chi connectivity index (χ3n) is 5.23. The van der Waals surface area contributed by atoms with Gasteiger partial charge in [-0.1, -0.05) is 12.1 Å². The van der Waals surface area contributed by atoms with Gasteiger partial charge in [0.05, 0.1) is 64.9 Å². The first-order valence-corrected chi connectivity index (χ1v) is 11.6. The molecule has 1 unspecified atom stereocenters. The van der Waals surface area contributed by atoms with Crippen LogP contribution in [0.2, 0.25) is 0 Å². The van der Waals surface area contributed by atoms with E-state index in [1.54, 1.807) is 26.7 Å². The highest BCUT2D eigenvalue weighted by Gasteiger charge is 2.16. The van der Waals surface area contributed by atoms with Crippen LogP contribution in [0.15, 0.2) is 60.1 Å². The number of aryl methyl sites for hydroxylation is 1. The molecule has 0 spiro atoms. The van der Waals surface area contributed by atoms with Crippen molar-refractivity contribution in [2.45, 2.75) is 24.8 Å². The Bertz CT molecular complexity index is 1400. The van der Waals surface area contributed by atoms with Crippen LogP contribution >= 0.6 is 0 Å². The minimum atomic E-state index is -1.33. The molecule has 9 heteroatoms. The summed E-state index contributed by atoms with van der Waals surface area (Å²) in [4.78, 5) is 19.0. The fourth-order valence-electron chi connectivity index (χ4n) is 3.49. The van der Waals surface area contributed by atoms with Gasteiger partial charge in [0.25, 0.3) is 0 Å². The molecule has 5 rings (SSSR count). The van der Waals surface area contributed by atoms with Crippen molar-refractivity contribution in [1.82, 2.24) is 24.9 Å². The summed E-state index contributed by atoms with van der Waals surface area (Å²) >= 11 is 0. The number of methoxy groups -OCH3 is 2. The third kappa shape index (κ3) is 4.88. The number of aromatic amines is 2. The van der Waals surface area contributed by atoms with Crippen molar-refractivity contribution < 1.29 is 13.7 Å². The molecule has 0 fully saturated rings.